The second-order valence-corrected chi connectivity index (χ2v) is 5.70. The number of aliphatic imine (C=N–C) groups is 1. The van der Waals surface area contributed by atoms with Crippen LogP contribution in [0, 0.1) is 0 Å². The topological polar surface area (TPSA) is 56.7 Å². The lowest BCUT2D eigenvalue weighted by Gasteiger charge is -2.18. The Morgan fingerprint density at radius 1 is 1.26 bits per heavy atom. The summed E-state index contributed by atoms with van der Waals surface area (Å²) in [4.78, 5) is 18.4. The molecule has 0 aliphatic heterocycles. The third-order valence-corrected chi connectivity index (χ3v) is 3.62. The van der Waals surface area contributed by atoms with Gasteiger partial charge in [-0.05, 0) is 25.8 Å². The highest BCUT2D eigenvalue weighted by atomic mass is 16.2. The van der Waals surface area contributed by atoms with Crippen molar-refractivity contribution in [3.05, 3.63) is 35.9 Å². The van der Waals surface area contributed by atoms with Crippen molar-refractivity contribution >= 4 is 11.9 Å². The fourth-order valence-electron chi connectivity index (χ4n) is 2.06. The van der Waals surface area contributed by atoms with Crippen LogP contribution < -0.4 is 10.6 Å². The molecule has 0 saturated heterocycles. The molecular formula is C18H30N4O. The van der Waals surface area contributed by atoms with Crippen molar-refractivity contribution in [2.45, 2.75) is 46.2 Å². The van der Waals surface area contributed by atoms with E-state index in [1.54, 1.807) is 4.90 Å². The summed E-state index contributed by atoms with van der Waals surface area (Å²) in [7, 11) is 1.83. The summed E-state index contributed by atoms with van der Waals surface area (Å²) in [5.41, 5.74) is 1.14. The van der Waals surface area contributed by atoms with Crippen LogP contribution in [0.5, 0.6) is 0 Å². The highest BCUT2D eigenvalue weighted by molar-refractivity contribution is 5.81. The lowest BCUT2D eigenvalue weighted by atomic mass is 10.2. The minimum Gasteiger partial charge on any atom is -0.357 e. The fraction of sp³-hybridized carbons (Fsp3) is 0.556. The van der Waals surface area contributed by atoms with E-state index in [4.69, 9.17) is 0 Å². The number of amides is 1. The summed E-state index contributed by atoms with van der Waals surface area (Å²) in [6.45, 7) is 8.21. The number of hydrogen-bond acceptors (Lipinski definition) is 2. The molecule has 1 atom stereocenters. The van der Waals surface area contributed by atoms with E-state index in [1.165, 1.54) is 0 Å². The summed E-state index contributed by atoms with van der Waals surface area (Å²) in [5.74, 6) is 0.886. The highest BCUT2D eigenvalue weighted by Crippen LogP contribution is 2.04. The zero-order valence-electron chi connectivity index (χ0n) is 14.8. The van der Waals surface area contributed by atoms with Gasteiger partial charge in [-0.15, -0.1) is 0 Å². The second-order valence-electron chi connectivity index (χ2n) is 5.70. The molecule has 0 bridgehead atoms. The number of carbonyl (C=O) groups excluding carboxylic acids is 1. The number of nitrogens with one attached hydrogen (secondary N) is 2. The van der Waals surface area contributed by atoms with Crippen LogP contribution in [0.25, 0.3) is 0 Å². The Bertz CT molecular complexity index is 487. The minimum atomic E-state index is 0.108. The van der Waals surface area contributed by atoms with E-state index in [0.717, 1.165) is 24.5 Å². The van der Waals surface area contributed by atoms with Crippen LogP contribution in [0.2, 0.25) is 0 Å². The number of carbonyl (C=O) groups is 1. The lowest BCUT2D eigenvalue weighted by Crippen LogP contribution is -2.42. The van der Waals surface area contributed by atoms with E-state index < -0.39 is 0 Å². The molecule has 0 heterocycles. The Morgan fingerprint density at radius 2 is 1.96 bits per heavy atom. The Balaban J connectivity index is 2.44. The molecule has 5 nitrogen and oxygen atoms in total. The molecule has 0 aliphatic carbocycles. The monoisotopic (exact) mass is 318 g/mol. The lowest BCUT2D eigenvalue weighted by molar-refractivity contribution is -0.130. The third-order valence-electron chi connectivity index (χ3n) is 3.62. The molecule has 1 rings (SSSR count). The molecular weight excluding hydrogens is 288 g/mol. The van der Waals surface area contributed by atoms with Crippen molar-refractivity contribution in [2.75, 3.05) is 20.1 Å². The molecule has 1 amide bonds. The van der Waals surface area contributed by atoms with Gasteiger partial charge in [-0.1, -0.05) is 37.3 Å². The van der Waals surface area contributed by atoms with Crippen LogP contribution in [0.4, 0.5) is 0 Å². The summed E-state index contributed by atoms with van der Waals surface area (Å²) < 4.78 is 0. The molecule has 5 heteroatoms. The molecule has 0 aromatic heterocycles. The van der Waals surface area contributed by atoms with E-state index >= 15 is 0 Å². The van der Waals surface area contributed by atoms with Gasteiger partial charge in [-0.25, -0.2) is 0 Å². The van der Waals surface area contributed by atoms with Gasteiger partial charge in [0, 0.05) is 32.6 Å². The fourth-order valence-corrected chi connectivity index (χ4v) is 2.06. The van der Waals surface area contributed by atoms with E-state index in [-0.39, 0.29) is 5.91 Å². The second kappa shape index (κ2) is 10.6. The van der Waals surface area contributed by atoms with Crippen molar-refractivity contribution in [1.82, 2.24) is 15.5 Å². The molecule has 2 N–H and O–H groups in total. The van der Waals surface area contributed by atoms with Crippen molar-refractivity contribution in [1.29, 1.82) is 0 Å². The van der Waals surface area contributed by atoms with Gasteiger partial charge in [0.1, 0.15) is 0 Å². The summed E-state index contributed by atoms with van der Waals surface area (Å²) >= 11 is 0. The zero-order chi connectivity index (χ0) is 17.1. The Hall–Kier alpha value is -2.04. The molecule has 128 valence electrons. The molecule has 0 fully saturated rings. The Labute approximate surface area is 140 Å². The summed E-state index contributed by atoms with van der Waals surface area (Å²) in [6, 6.07) is 10.4. The molecule has 0 saturated carbocycles. The number of rotatable bonds is 8. The van der Waals surface area contributed by atoms with Gasteiger partial charge in [-0.3, -0.25) is 9.79 Å². The van der Waals surface area contributed by atoms with Crippen LogP contribution in [-0.4, -0.2) is 42.9 Å². The Morgan fingerprint density at radius 3 is 2.57 bits per heavy atom. The van der Waals surface area contributed by atoms with E-state index in [0.29, 0.717) is 25.6 Å². The van der Waals surface area contributed by atoms with Gasteiger partial charge in [0.25, 0.3) is 0 Å². The highest BCUT2D eigenvalue weighted by Gasteiger charge is 2.09. The molecule has 0 spiro atoms. The largest absolute Gasteiger partial charge is 0.357 e. The van der Waals surface area contributed by atoms with Crippen molar-refractivity contribution < 1.29 is 4.79 Å². The SMILES string of the molecule is CCNC(=NCCC(=O)N(C)Cc1ccccc1)NC(C)CC. The molecule has 1 aromatic carbocycles. The maximum atomic E-state index is 12.2. The molecule has 0 aliphatic rings. The predicted octanol–water partition coefficient (Wildman–Crippen LogP) is 2.39. The average Bonchev–Trinajstić information content (AvgIpc) is 2.55. The first kappa shape index (κ1) is 19.0. The number of nitrogens with zero attached hydrogens (tertiary/aromatic N) is 2. The van der Waals surface area contributed by atoms with Crippen molar-refractivity contribution in [3.8, 4) is 0 Å². The molecule has 1 unspecified atom stereocenters. The molecule has 23 heavy (non-hydrogen) atoms. The number of benzene rings is 1. The first-order valence-corrected chi connectivity index (χ1v) is 8.39. The normalized spacial score (nSPS) is 12.6. The standard InChI is InChI=1S/C18H30N4O/c1-5-15(3)21-18(19-6-2)20-13-12-17(23)22(4)14-16-10-8-7-9-11-16/h7-11,15H,5-6,12-14H2,1-4H3,(H2,19,20,21). The van der Waals surface area contributed by atoms with Gasteiger partial charge in [-0.2, -0.15) is 0 Å². The van der Waals surface area contributed by atoms with Gasteiger partial charge in [0.05, 0.1) is 6.54 Å². The number of hydrogen-bond donors (Lipinski definition) is 2. The maximum absolute atomic E-state index is 12.2. The van der Waals surface area contributed by atoms with E-state index in [9.17, 15) is 4.79 Å². The smallest absolute Gasteiger partial charge is 0.224 e. The van der Waals surface area contributed by atoms with Crippen molar-refractivity contribution in [2.24, 2.45) is 4.99 Å². The Kier molecular flexibility index (Phi) is 8.80. The van der Waals surface area contributed by atoms with Crippen LogP contribution in [0.15, 0.2) is 35.3 Å². The quantitative estimate of drug-likeness (QED) is 0.571. The van der Waals surface area contributed by atoms with E-state index in [1.807, 2.05) is 44.3 Å². The van der Waals surface area contributed by atoms with Gasteiger partial charge in [0.15, 0.2) is 5.96 Å². The molecule has 0 radical (unpaired) electrons. The summed E-state index contributed by atoms with van der Waals surface area (Å²) in [6.07, 6.45) is 1.45. The van der Waals surface area contributed by atoms with Crippen LogP contribution in [0.3, 0.4) is 0 Å². The van der Waals surface area contributed by atoms with Crippen LogP contribution in [-0.2, 0) is 11.3 Å². The first-order chi connectivity index (χ1) is 11.1. The first-order valence-electron chi connectivity index (χ1n) is 8.39. The van der Waals surface area contributed by atoms with Gasteiger partial charge in [0.2, 0.25) is 5.91 Å². The van der Waals surface area contributed by atoms with E-state index in [2.05, 4.69) is 29.5 Å². The van der Waals surface area contributed by atoms with Gasteiger partial charge >= 0.3 is 0 Å². The minimum absolute atomic E-state index is 0.108. The van der Waals surface area contributed by atoms with Crippen LogP contribution >= 0.6 is 0 Å². The predicted molar refractivity (Wildman–Crippen MR) is 96.4 cm³/mol. The number of guanidine groups is 1. The van der Waals surface area contributed by atoms with Gasteiger partial charge < -0.3 is 15.5 Å². The summed E-state index contributed by atoms with van der Waals surface area (Å²) in [5, 5.41) is 6.53. The molecule has 1 aromatic rings. The average molecular weight is 318 g/mol. The third kappa shape index (κ3) is 7.68. The maximum Gasteiger partial charge on any atom is 0.224 e. The zero-order valence-corrected chi connectivity index (χ0v) is 14.8. The van der Waals surface area contributed by atoms with Crippen LogP contribution in [0.1, 0.15) is 39.2 Å². The van der Waals surface area contributed by atoms with Crippen molar-refractivity contribution in [3.63, 3.8) is 0 Å².